The normalized spacial score (nSPS) is 10.6. The number of carbonyl (C=O) groups excluding carboxylic acids is 1. The van der Waals surface area contributed by atoms with E-state index in [1.165, 1.54) is 5.39 Å². The van der Waals surface area contributed by atoms with Gasteiger partial charge in [-0.1, -0.05) is 31.9 Å². The van der Waals surface area contributed by atoms with Crippen LogP contribution in [0.15, 0.2) is 57.5 Å². The minimum Gasteiger partial charge on any atom is -0.357 e. The summed E-state index contributed by atoms with van der Waals surface area (Å²) in [6.07, 6.45) is 0.813. The van der Waals surface area contributed by atoms with E-state index in [1.54, 1.807) is 0 Å². The molecule has 2 aromatic heterocycles. The number of hydrogen-bond donors (Lipinski definition) is 3. The van der Waals surface area contributed by atoms with E-state index in [0.29, 0.717) is 12.2 Å². The minimum atomic E-state index is 0.562. The zero-order chi connectivity index (χ0) is 17.1. The van der Waals surface area contributed by atoms with Crippen LogP contribution in [0.2, 0.25) is 0 Å². The van der Waals surface area contributed by atoms with E-state index in [1.807, 2.05) is 36.4 Å². The number of aromatic nitrogens is 2. The van der Waals surface area contributed by atoms with Crippen LogP contribution in [0, 0.1) is 0 Å². The number of H-pyrrole nitrogens is 2. The van der Waals surface area contributed by atoms with Crippen molar-refractivity contribution >= 4 is 60.0 Å². The lowest BCUT2D eigenvalue weighted by Gasteiger charge is -1.89. The fourth-order valence-corrected chi connectivity index (χ4v) is 3.22. The second-order valence-corrected chi connectivity index (χ2v) is 7.14. The molecule has 0 aliphatic rings. The highest BCUT2D eigenvalue weighted by Crippen LogP contribution is 2.20. The molecular weight excluding hydrogens is 434 g/mol. The van der Waals surface area contributed by atoms with Crippen LogP contribution in [0.25, 0.3) is 21.8 Å². The molecule has 4 aromatic rings. The first-order valence-corrected chi connectivity index (χ1v) is 8.88. The molecule has 0 amide bonds. The molecule has 0 saturated carbocycles. The Kier molecular flexibility index (Phi) is 5.18. The minimum absolute atomic E-state index is 0.562. The average Bonchev–Trinajstić information content (AvgIpc) is 3.17. The van der Waals surface area contributed by atoms with E-state index in [9.17, 15) is 4.79 Å². The molecule has 0 spiro atoms. The van der Waals surface area contributed by atoms with E-state index >= 15 is 0 Å². The van der Waals surface area contributed by atoms with Crippen molar-refractivity contribution in [2.75, 3.05) is 0 Å². The second-order valence-electron chi connectivity index (χ2n) is 5.30. The quantitative estimate of drug-likeness (QED) is 0.371. The number of nitrogens with two attached hydrogens (primary N) is 1. The van der Waals surface area contributed by atoms with Crippen molar-refractivity contribution in [3.63, 3.8) is 0 Å². The monoisotopic (exact) mass is 447 g/mol. The molecule has 2 aromatic carbocycles. The van der Waals surface area contributed by atoms with Crippen LogP contribution >= 0.6 is 31.9 Å². The van der Waals surface area contributed by atoms with Gasteiger partial charge >= 0.3 is 0 Å². The summed E-state index contributed by atoms with van der Waals surface area (Å²) in [5, 5.41) is 2.25. The number of aldehydes is 1. The number of hydrogen-bond acceptors (Lipinski definition) is 2. The SMILES string of the molecule is NCc1cc2cc(Br)ccc2[nH]1.O=Cc1cc2cc(Br)ccc2[nH]1. The average molecular weight is 449 g/mol. The maximum Gasteiger partial charge on any atom is 0.166 e. The molecule has 0 atom stereocenters. The van der Waals surface area contributed by atoms with Gasteiger partial charge in [-0.15, -0.1) is 0 Å². The Balaban J connectivity index is 0.000000141. The molecule has 24 heavy (non-hydrogen) atoms. The van der Waals surface area contributed by atoms with Crippen LogP contribution in [0.3, 0.4) is 0 Å². The third-order valence-electron chi connectivity index (χ3n) is 3.59. The van der Waals surface area contributed by atoms with Crippen molar-refractivity contribution in [3.8, 4) is 0 Å². The number of rotatable bonds is 2. The fraction of sp³-hybridized carbons (Fsp3) is 0.0556. The van der Waals surface area contributed by atoms with Gasteiger partial charge in [-0.05, 0) is 48.5 Å². The van der Waals surface area contributed by atoms with Crippen molar-refractivity contribution in [3.05, 3.63) is 68.9 Å². The van der Waals surface area contributed by atoms with Crippen molar-refractivity contribution in [1.29, 1.82) is 0 Å². The Labute approximate surface area is 155 Å². The topological polar surface area (TPSA) is 74.7 Å². The fourth-order valence-electron chi connectivity index (χ4n) is 2.46. The molecule has 0 bridgehead atoms. The first-order valence-electron chi connectivity index (χ1n) is 7.29. The third-order valence-corrected chi connectivity index (χ3v) is 4.58. The van der Waals surface area contributed by atoms with Gasteiger partial charge in [0.1, 0.15) is 0 Å². The van der Waals surface area contributed by atoms with Crippen LogP contribution in [-0.4, -0.2) is 16.3 Å². The van der Waals surface area contributed by atoms with Gasteiger partial charge in [0, 0.05) is 43.0 Å². The van der Waals surface area contributed by atoms with Gasteiger partial charge in [0.2, 0.25) is 0 Å². The molecule has 4 rings (SSSR count). The predicted octanol–water partition coefficient (Wildman–Crippen LogP) is 5.13. The van der Waals surface area contributed by atoms with E-state index in [0.717, 1.165) is 37.3 Å². The largest absolute Gasteiger partial charge is 0.357 e. The summed E-state index contributed by atoms with van der Waals surface area (Å²) in [6, 6.07) is 15.9. The number of benzene rings is 2. The van der Waals surface area contributed by atoms with E-state index in [2.05, 4.69) is 54.0 Å². The van der Waals surface area contributed by atoms with E-state index < -0.39 is 0 Å². The van der Waals surface area contributed by atoms with Gasteiger partial charge in [0.25, 0.3) is 0 Å². The smallest absolute Gasteiger partial charge is 0.166 e. The highest BCUT2D eigenvalue weighted by atomic mass is 79.9. The third kappa shape index (κ3) is 3.77. The first-order chi connectivity index (χ1) is 11.6. The predicted molar refractivity (Wildman–Crippen MR) is 105 cm³/mol. The first kappa shape index (κ1) is 17.0. The van der Waals surface area contributed by atoms with Crippen LogP contribution in [0.1, 0.15) is 16.2 Å². The lowest BCUT2D eigenvalue weighted by molar-refractivity contribution is 0.112. The molecule has 4 nitrogen and oxygen atoms in total. The summed E-state index contributed by atoms with van der Waals surface area (Å²) in [5.74, 6) is 0. The van der Waals surface area contributed by atoms with Crippen LogP contribution in [0.4, 0.5) is 0 Å². The summed E-state index contributed by atoms with van der Waals surface area (Å²) < 4.78 is 2.11. The van der Waals surface area contributed by atoms with Gasteiger partial charge in [-0.3, -0.25) is 4.79 Å². The van der Waals surface area contributed by atoms with Gasteiger partial charge in [0.15, 0.2) is 6.29 Å². The van der Waals surface area contributed by atoms with E-state index in [-0.39, 0.29) is 0 Å². The Bertz CT molecular complexity index is 1000. The Morgan fingerprint density at radius 2 is 1.46 bits per heavy atom. The molecule has 0 saturated heterocycles. The van der Waals surface area contributed by atoms with Crippen molar-refractivity contribution < 1.29 is 4.79 Å². The molecule has 0 fully saturated rings. The van der Waals surface area contributed by atoms with Gasteiger partial charge in [0.05, 0.1) is 5.69 Å². The van der Waals surface area contributed by atoms with Gasteiger partial charge in [-0.2, -0.15) is 0 Å². The van der Waals surface area contributed by atoms with Crippen molar-refractivity contribution in [1.82, 2.24) is 9.97 Å². The van der Waals surface area contributed by atoms with Crippen LogP contribution < -0.4 is 5.73 Å². The zero-order valence-corrected chi connectivity index (χ0v) is 15.8. The maximum absolute atomic E-state index is 10.4. The molecule has 0 aliphatic carbocycles. The summed E-state index contributed by atoms with van der Waals surface area (Å²) in [5.41, 5.74) is 9.32. The van der Waals surface area contributed by atoms with Crippen LogP contribution in [0.5, 0.6) is 0 Å². The molecule has 0 aliphatic heterocycles. The number of fused-ring (bicyclic) bond motifs is 2. The number of nitrogens with one attached hydrogen (secondary N) is 2. The summed E-state index contributed by atoms with van der Waals surface area (Å²) >= 11 is 6.78. The summed E-state index contributed by atoms with van der Waals surface area (Å²) in [7, 11) is 0. The Morgan fingerprint density at radius 1 is 0.875 bits per heavy atom. The highest BCUT2D eigenvalue weighted by Gasteiger charge is 1.99. The number of aromatic amines is 2. The molecule has 0 radical (unpaired) electrons. The lowest BCUT2D eigenvalue weighted by atomic mass is 10.2. The highest BCUT2D eigenvalue weighted by molar-refractivity contribution is 9.10. The second kappa shape index (κ2) is 7.34. The molecule has 2 heterocycles. The lowest BCUT2D eigenvalue weighted by Crippen LogP contribution is -1.94. The summed E-state index contributed by atoms with van der Waals surface area (Å²) in [4.78, 5) is 16.6. The summed E-state index contributed by atoms with van der Waals surface area (Å²) in [6.45, 7) is 0.562. The van der Waals surface area contributed by atoms with Crippen LogP contribution in [-0.2, 0) is 6.54 Å². The Hall–Kier alpha value is -1.89. The van der Waals surface area contributed by atoms with Gasteiger partial charge in [-0.25, -0.2) is 0 Å². The standard InChI is InChI=1S/C9H9BrN2.C9H6BrNO/c10-7-1-2-9-6(3-7)4-8(5-11)12-9;10-7-1-2-9-6(3-7)4-8(5-12)11-9/h1-4,12H,5,11H2;1-5,11H. The van der Waals surface area contributed by atoms with Crippen molar-refractivity contribution in [2.45, 2.75) is 6.54 Å². The molecule has 0 unspecified atom stereocenters. The Morgan fingerprint density at radius 3 is 2.04 bits per heavy atom. The maximum atomic E-state index is 10.4. The zero-order valence-electron chi connectivity index (χ0n) is 12.6. The molecule has 4 N–H and O–H groups in total. The van der Waals surface area contributed by atoms with Crippen molar-refractivity contribution in [2.24, 2.45) is 5.73 Å². The van der Waals surface area contributed by atoms with E-state index in [4.69, 9.17) is 5.73 Å². The molecule has 122 valence electrons. The molecular formula is C18H15Br2N3O. The number of halogens is 2. The number of carbonyl (C=O) groups is 1. The molecule has 6 heteroatoms. The van der Waals surface area contributed by atoms with Gasteiger partial charge < -0.3 is 15.7 Å².